The van der Waals surface area contributed by atoms with E-state index in [4.69, 9.17) is 11.6 Å². The summed E-state index contributed by atoms with van der Waals surface area (Å²) in [5.41, 5.74) is 2.92. The molecule has 0 unspecified atom stereocenters. The van der Waals surface area contributed by atoms with E-state index >= 15 is 0 Å². The van der Waals surface area contributed by atoms with E-state index in [1.807, 2.05) is 13.0 Å². The topological polar surface area (TPSA) is 66.4 Å². The third kappa shape index (κ3) is 2.31. The highest BCUT2D eigenvalue weighted by Gasteiger charge is 2.31. The molecule has 2 heterocycles. The van der Waals surface area contributed by atoms with Crippen LogP contribution in [0.1, 0.15) is 21.5 Å². The van der Waals surface area contributed by atoms with Crippen molar-refractivity contribution in [2.75, 3.05) is 16.8 Å². The molecule has 0 saturated carbocycles. The molecule has 0 bridgehead atoms. The predicted octanol–water partition coefficient (Wildman–Crippen LogP) is 2.83. The van der Waals surface area contributed by atoms with Gasteiger partial charge < -0.3 is 0 Å². The summed E-state index contributed by atoms with van der Waals surface area (Å²) in [7, 11) is 1.63. The second kappa shape index (κ2) is 5.38. The zero-order chi connectivity index (χ0) is 15.9. The molecule has 2 aromatic rings. The van der Waals surface area contributed by atoms with Crippen molar-refractivity contribution >= 4 is 35.4 Å². The Balaban J connectivity index is 2.08. The molecule has 1 aromatic carbocycles. The van der Waals surface area contributed by atoms with Crippen molar-refractivity contribution < 1.29 is 9.59 Å². The number of hydrogen-bond acceptors (Lipinski definition) is 4. The van der Waals surface area contributed by atoms with E-state index in [0.717, 1.165) is 17.4 Å². The molecule has 1 aliphatic rings. The van der Waals surface area contributed by atoms with Gasteiger partial charge in [0.15, 0.2) is 0 Å². The van der Waals surface area contributed by atoms with Crippen LogP contribution in [-0.4, -0.2) is 29.3 Å². The molecule has 112 valence electrons. The molecule has 0 saturated heterocycles. The van der Waals surface area contributed by atoms with Crippen LogP contribution < -0.4 is 9.80 Å². The molecule has 0 radical (unpaired) electrons. The molecule has 2 amide bonds. The number of halogens is 1. The minimum absolute atomic E-state index is 0.103. The highest BCUT2D eigenvalue weighted by molar-refractivity contribution is 6.28. The summed E-state index contributed by atoms with van der Waals surface area (Å²) in [6, 6.07) is 5.02. The number of aromatic nitrogens is 2. The minimum atomic E-state index is -0.228. The first-order chi connectivity index (χ1) is 10.5. The van der Waals surface area contributed by atoms with Crippen LogP contribution in [0.2, 0.25) is 5.28 Å². The van der Waals surface area contributed by atoms with Gasteiger partial charge in [0.25, 0.3) is 0 Å². The number of hydrogen-bond donors (Lipinski definition) is 0. The third-order valence-corrected chi connectivity index (χ3v) is 3.82. The molecule has 1 aliphatic heterocycles. The van der Waals surface area contributed by atoms with Crippen LogP contribution >= 0.6 is 11.6 Å². The van der Waals surface area contributed by atoms with E-state index in [1.165, 1.54) is 4.90 Å². The summed E-state index contributed by atoms with van der Waals surface area (Å²) in [4.78, 5) is 34.7. The molecule has 0 fully saturated rings. The number of aldehydes is 1. The van der Waals surface area contributed by atoms with Crippen molar-refractivity contribution in [2.24, 2.45) is 0 Å². The van der Waals surface area contributed by atoms with Gasteiger partial charge in [0.2, 0.25) is 5.28 Å². The predicted molar refractivity (Wildman–Crippen MR) is 83.6 cm³/mol. The van der Waals surface area contributed by atoms with Crippen LogP contribution in [0.15, 0.2) is 24.4 Å². The Bertz CT molecular complexity index is 778. The highest BCUT2D eigenvalue weighted by Crippen LogP contribution is 2.31. The van der Waals surface area contributed by atoms with Gasteiger partial charge in [0.05, 0.1) is 6.54 Å². The number of carbonyl (C=O) groups is 2. The van der Waals surface area contributed by atoms with Crippen LogP contribution in [-0.2, 0) is 6.54 Å². The van der Waals surface area contributed by atoms with Gasteiger partial charge in [-0.1, -0.05) is 12.1 Å². The van der Waals surface area contributed by atoms with Gasteiger partial charge in [0.1, 0.15) is 12.1 Å². The van der Waals surface area contributed by atoms with Gasteiger partial charge in [-0.15, -0.1) is 0 Å². The SMILES string of the molecule is Cc1ccc(C=O)cc1N1Cc2cnc(Cl)nc2N(C)C1=O. The molecule has 22 heavy (non-hydrogen) atoms. The lowest BCUT2D eigenvalue weighted by Gasteiger charge is -2.34. The minimum Gasteiger partial charge on any atom is -0.298 e. The fourth-order valence-corrected chi connectivity index (χ4v) is 2.60. The number of amides is 2. The van der Waals surface area contributed by atoms with Crippen LogP contribution in [0.25, 0.3) is 0 Å². The number of anilines is 2. The van der Waals surface area contributed by atoms with Crippen molar-refractivity contribution in [1.82, 2.24) is 9.97 Å². The number of benzene rings is 1. The average molecular weight is 317 g/mol. The lowest BCUT2D eigenvalue weighted by molar-refractivity contribution is 0.112. The van der Waals surface area contributed by atoms with E-state index in [-0.39, 0.29) is 11.3 Å². The maximum atomic E-state index is 12.6. The molecule has 3 rings (SSSR count). The molecule has 0 atom stereocenters. The van der Waals surface area contributed by atoms with Gasteiger partial charge in [-0.2, -0.15) is 4.98 Å². The number of rotatable bonds is 2. The Labute approximate surface area is 132 Å². The zero-order valence-electron chi connectivity index (χ0n) is 12.1. The summed E-state index contributed by atoms with van der Waals surface area (Å²) in [5.74, 6) is 0.505. The quantitative estimate of drug-likeness (QED) is 0.631. The van der Waals surface area contributed by atoms with Gasteiger partial charge in [0, 0.05) is 30.1 Å². The molecule has 6 nitrogen and oxygen atoms in total. The highest BCUT2D eigenvalue weighted by atomic mass is 35.5. The molecule has 0 aliphatic carbocycles. The summed E-state index contributed by atoms with van der Waals surface area (Å²) in [5, 5.41) is 0.103. The van der Waals surface area contributed by atoms with Crippen LogP contribution in [0.3, 0.4) is 0 Å². The third-order valence-electron chi connectivity index (χ3n) is 3.64. The number of urea groups is 1. The lowest BCUT2D eigenvalue weighted by Crippen LogP contribution is -2.46. The fourth-order valence-electron chi connectivity index (χ4n) is 2.47. The van der Waals surface area contributed by atoms with Crippen molar-refractivity contribution in [1.29, 1.82) is 0 Å². The maximum Gasteiger partial charge on any atom is 0.330 e. The van der Waals surface area contributed by atoms with Crippen LogP contribution in [0, 0.1) is 6.92 Å². The largest absolute Gasteiger partial charge is 0.330 e. The number of fused-ring (bicyclic) bond motifs is 1. The van der Waals surface area contributed by atoms with E-state index < -0.39 is 0 Å². The van der Waals surface area contributed by atoms with E-state index in [2.05, 4.69) is 9.97 Å². The molecule has 0 N–H and O–H groups in total. The first-order valence-corrected chi connectivity index (χ1v) is 7.01. The van der Waals surface area contributed by atoms with Crippen molar-refractivity contribution in [3.8, 4) is 0 Å². The number of carbonyl (C=O) groups excluding carboxylic acids is 2. The number of nitrogens with zero attached hydrogens (tertiary/aromatic N) is 4. The molecule has 0 spiro atoms. The Hall–Kier alpha value is -2.47. The summed E-state index contributed by atoms with van der Waals surface area (Å²) in [6.07, 6.45) is 2.37. The van der Waals surface area contributed by atoms with Crippen molar-refractivity contribution in [2.45, 2.75) is 13.5 Å². The average Bonchev–Trinajstić information content (AvgIpc) is 2.52. The molecular weight excluding hydrogens is 304 g/mol. The molecule has 7 heteroatoms. The maximum absolute atomic E-state index is 12.6. The first-order valence-electron chi connectivity index (χ1n) is 6.63. The summed E-state index contributed by atoms with van der Waals surface area (Å²) >= 11 is 5.80. The lowest BCUT2D eigenvalue weighted by atomic mass is 10.1. The monoisotopic (exact) mass is 316 g/mol. The van der Waals surface area contributed by atoms with Gasteiger partial charge in [-0.05, 0) is 30.2 Å². The Morgan fingerprint density at radius 1 is 1.36 bits per heavy atom. The van der Waals surface area contributed by atoms with Crippen molar-refractivity contribution in [3.63, 3.8) is 0 Å². The van der Waals surface area contributed by atoms with Gasteiger partial charge in [-0.25, -0.2) is 9.78 Å². The Morgan fingerprint density at radius 2 is 2.14 bits per heavy atom. The van der Waals surface area contributed by atoms with Gasteiger partial charge >= 0.3 is 6.03 Å². The molecule has 1 aromatic heterocycles. The standard InChI is InChI=1S/C15H13ClN4O2/c1-9-3-4-10(8-21)5-12(9)20-7-11-6-17-14(16)18-13(11)19(2)15(20)22/h3-6,8H,7H2,1-2H3. The van der Waals surface area contributed by atoms with E-state index in [9.17, 15) is 9.59 Å². The Kier molecular flexibility index (Phi) is 3.54. The number of aryl methyl sites for hydroxylation is 1. The summed E-state index contributed by atoms with van der Waals surface area (Å²) in [6.45, 7) is 2.23. The zero-order valence-corrected chi connectivity index (χ0v) is 12.8. The normalized spacial score (nSPS) is 14.0. The van der Waals surface area contributed by atoms with Crippen LogP contribution in [0.5, 0.6) is 0 Å². The van der Waals surface area contributed by atoms with Gasteiger partial charge in [-0.3, -0.25) is 14.6 Å². The van der Waals surface area contributed by atoms with Crippen molar-refractivity contribution in [3.05, 3.63) is 46.4 Å². The van der Waals surface area contributed by atoms with E-state index in [1.54, 1.807) is 30.3 Å². The second-order valence-electron chi connectivity index (χ2n) is 5.08. The second-order valence-corrected chi connectivity index (χ2v) is 5.42. The first kappa shape index (κ1) is 14.5. The Morgan fingerprint density at radius 3 is 2.86 bits per heavy atom. The fraction of sp³-hybridized carbons (Fsp3) is 0.200. The molecular formula is C15H13ClN4O2. The van der Waals surface area contributed by atoms with Crippen LogP contribution in [0.4, 0.5) is 16.3 Å². The summed E-state index contributed by atoms with van der Waals surface area (Å²) < 4.78 is 0. The smallest absolute Gasteiger partial charge is 0.298 e. The van der Waals surface area contributed by atoms with E-state index in [0.29, 0.717) is 23.6 Å².